The molecule has 0 unspecified atom stereocenters. The summed E-state index contributed by atoms with van der Waals surface area (Å²) in [4.78, 5) is 32.4. The molecule has 8 heteroatoms. The summed E-state index contributed by atoms with van der Waals surface area (Å²) in [5, 5.41) is 22.0. The number of aromatic nitrogens is 2. The zero-order valence-corrected chi connectivity index (χ0v) is 13.2. The summed E-state index contributed by atoms with van der Waals surface area (Å²) in [6.07, 6.45) is 4.93. The minimum Gasteiger partial charge on any atom is -0.550 e. The second kappa shape index (κ2) is 6.21. The van der Waals surface area contributed by atoms with Crippen molar-refractivity contribution in [3.63, 3.8) is 0 Å². The Kier molecular flexibility index (Phi) is 4.30. The van der Waals surface area contributed by atoms with Crippen LogP contribution in [0.5, 0.6) is 0 Å². The van der Waals surface area contributed by atoms with Crippen molar-refractivity contribution in [2.45, 2.75) is 42.4 Å². The quantitative estimate of drug-likeness (QED) is 0.555. The molecule has 0 spiro atoms. The van der Waals surface area contributed by atoms with E-state index in [0.717, 1.165) is 47.7 Å². The number of carboxylic acid groups (broad SMARTS) is 2. The monoisotopic (exact) mass is 336 g/mol. The van der Waals surface area contributed by atoms with E-state index in [1.165, 1.54) is 16.8 Å². The molecule has 116 valence electrons. The van der Waals surface area contributed by atoms with Gasteiger partial charge < -0.3 is 19.8 Å². The first kappa shape index (κ1) is 15.2. The Morgan fingerprint density at radius 1 is 1.27 bits per heavy atom. The van der Waals surface area contributed by atoms with Gasteiger partial charge in [0.2, 0.25) is 0 Å². The van der Waals surface area contributed by atoms with Gasteiger partial charge in [0, 0.05) is 22.7 Å². The lowest BCUT2D eigenvalue weighted by Crippen LogP contribution is -2.38. The van der Waals surface area contributed by atoms with Crippen molar-refractivity contribution < 1.29 is 19.8 Å². The normalized spacial score (nSPS) is 15.5. The van der Waals surface area contributed by atoms with Gasteiger partial charge in [-0.05, 0) is 31.2 Å². The predicted octanol–water partition coefficient (Wildman–Crippen LogP) is -0.0793. The highest BCUT2D eigenvalue weighted by Gasteiger charge is 2.22. The summed E-state index contributed by atoms with van der Waals surface area (Å²) in [5.41, 5.74) is 1.18. The lowest BCUT2D eigenvalue weighted by molar-refractivity contribution is -0.314. The SMILES string of the molecule is O=C([O-])C[C@@H](Sc1ncnc2sc3c(c12)CCCC3)C(=O)[O-]. The van der Waals surface area contributed by atoms with Crippen LogP contribution in [0.1, 0.15) is 29.7 Å². The van der Waals surface area contributed by atoms with Crippen LogP contribution in [0.15, 0.2) is 11.4 Å². The Bertz CT molecular complexity index is 744. The van der Waals surface area contributed by atoms with Crippen LogP contribution in [0.3, 0.4) is 0 Å². The number of thioether (sulfide) groups is 1. The van der Waals surface area contributed by atoms with Gasteiger partial charge in [0.25, 0.3) is 0 Å². The Hall–Kier alpha value is -1.67. The molecular formula is C14H12N2O4S2-2. The summed E-state index contributed by atoms with van der Waals surface area (Å²) in [6.45, 7) is 0. The molecule has 1 aliphatic rings. The number of carbonyl (C=O) groups is 2. The molecule has 2 aromatic heterocycles. The fourth-order valence-electron chi connectivity index (χ4n) is 2.61. The van der Waals surface area contributed by atoms with Crippen LogP contribution >= 0.6 is 23.1 Å². The molecular weight excluding hydrogens is 324 g/mol. The second-order valence-electron chi connectivity index (χ2n) is 5.07. The Morgan fingerprint density at radius 3 is 2.77 bits per heavy atom. The van der Waals surface area contributed by atoms with Crippen molar-refractivity contribution in [3.05, 3.63) is 16.8 Å². The number of thiophene rings is 1. The largest absolute Gasteiger partial charge is 0.550 e. The molecule has 1 aliphatic carbocycles. The standard InChI is InChI=1S/C14H14N2O4S2/c17-10(18)5-9(14(19)20)22-13-11-7-3-1-2-4-8(7)21-12(11)15-6-16-13/h6,9H,1-5H2,(H,17,18)(H,19,20)/p-2/t9-/m1/s1. The number of hydrogen-bond donors (Lipinski definition) is 0. The summed E-state index contributed by atoms with van der Waals surface area (Å²) < 4.78 is 0. The number of aliphatic carboxylic acids is 2. The van der Waals surface area contributed by atoms with E-state index in [4.69, 9.17) is 0 Å². The smallest absolute Gasteiger partial charge is 0.128 e. The maximum absolute atomic E-state index is 11.1. The van der Waals surface area contributed by atoms with Gasteiger partial charge in [-0.2, -0.15) is 0 Å². The fraction of sp³-hybridized carbons (Fsp3) is 0.429. The summed E-state index contributed by atoms with van der Waals surface area (Å²) in [7, 11) is 0. The van der Waals surface area contributed by atoms with Gasteiger partial charge in [0.15, 0.2) is 0 Å². The van der Waals surface area contributed by atoms with Crippen LogP contribution in [0, 0.1) is 0 Å². The molecule has 0 aromatic carbocycles. The molecule has 0 radical (unpaired) electrons. The highest BCUT2D eigenvalue weighted by molar-refractivity contribution is 8.00. The second-order valence-corrected chi connectivity index (χ2v) is 7.35. The van der Waals surface area contributed by atoms with Gasteiger partial charge in [-0.15, -0.1) is 11.3 Å². The van der Waals surface area contributed by atoms with E-state index in [1.807, 2.05) is 0 Å². The molecule has 1 atom stereocenters. The third-order valence-electron chi connectivity index (χ3n) is 3.59. The van der Waals surface area contributed by atoms with E-state index >= 15 is 0 Å². The topological polar surface area (TPSA) is 106 Å². The van der Waals surface area contributed by atoms with Crippen molar-refractivity contribution in [2.24, 2.45) is 0 Å². The zero-order valence-electron chi connectivity index (χ0n) is 11.5. The Morgan fingerprint density at radius 2 is 2.05 bits per heavy atom. The van der Waals surface area contributed by atoms with Crippen LogP contribution in [-0.2, 0) is 22.4 Å². The Balaban J connectivity index is 2.01. The van der Waals surface area contributed by atoms with Crippen molar-refractivity contribution in [2.75, 3.05) is 0 Å². The molecule has 0 saturated heterocycles. The molecule has 0 bridgehead atoms. The first-order valence-corrected chi connectivity index (χ1v) is 8.58. The number of aryl methyl sites for hydroxylation is 2. The Labute approximate surface area is 134 Å². The average Bonchev–Trinajstić information content (AvgIpc) is 2.85. The molecule has 3 rings (SSSR count). The van der Waals surface area contributed by atoms with E-state index in [-0.39, 0.29) is 0 Å². The molecule has 2 heterocycles. The van der Waals surface area contributed by atoms with Gasteiger partial charge in [-0.1, -0.05) is 11.8 Å². The highest BCUT2D eigenvalue weighted by Crippen LogP contribution is 2.40. The van der Waals surface area contributed by atoms with Gasteiger partial charge in [-0.25, -0.2) is 9.97 Å². The number of nitrogens with zero attached hydrogens (tertiary/aromatic N) is 2. The lowest BCUT2D eigenvalue weighted by atomic mass is 9.97. The van der Waals surface area contributed by atoms with Gasteiger partial charge in [0.05, 0.1) is 11.2 Å². The molecule has 2 aromatic rings. The van der Waals surface area contributed by atoms with E-state index in [0.29, 0.717) is 5.03 Å². The number of hydrogen-bond acceptors (Lipinski definition) is 8. The summed E-state index contributed by atoms with van der Waals surface area (Å²) >= 11 is 2.51. The third-order valence-corrected chi connectivity index (χ3v) is 5.96. The maximum atomic E-state index is 11.1. The maximum Gasteiger partial charge on any atom is 0.128 e. The van der Waals surface area contributed by atoms with Crippen LogP contribution in [0.4, 0.5) is 0 Å². The van der Waals surface area contributed by atoms with Crippen molar-refractivity contribution in [1.29, 1.82) is 0 Å². The van der Waals surface area contributed by atoms with E-state index in [9.17, 15) is 19.8 Å². The van der Waals surface area contributed by atoms with Gasteiger partial charge in [0.1, 0.15) is 16.2 Å². The molecule has 0 amide bonds. The number of carbonyl (C=O) groups excluding carboxylic acids is 2. The molecule has 0 fully saturated rings. The molecule has 6 nitrogen and oxygen atoms in total. The number of carboxylic acids is 2. The van der Waals surface area contributed by atoms with E-state index < -0.39 is 23.6 Å². The van der Waals surface area contributed by atoms with Crippen LogP contribution in [0.2, 0.25) is 0 Å². The van der Waals surface area contributed by atoms with Crippen molar-refractivity contribution in [1.82, 2.24) is 9.97 Å². The van der Waals surface area contributed by atoms with Gasteiger partial charge >= 0.3 is 0 Å². The number of fused-ring (bicyclic) bond motifs is 3. The van der Waals surface area contributed by atoms with Crippen LogP contribution < -0.4 is 10.2 Å². The zero-order chi connectivity index (χ0) is 15.7. The number of rotatable bonds is 5. The summed E-state index contributed by atoms with van der Waals surface area (Å²) in [5.74, 6) is -2.84. The minimum atomic E-state index is -1.43. The van der Waals surface area contributed by atoms with Crippen LogP contribution in [-0.4, -0.2) is 27.2 Å². The van der Waals surface area contributed by atoms with Crippen molar-refractivity contribution in [3.8, 4) is 0 Å². The highest BCUT2D eigenvalue weighted by atomic mass is 32.2. The minimum absolute atomic E-state index is 0.514. The fourth-order valence-corrected chi connectivity index (χ4v) is 4.93. The van der Waals surface area contributed by atoms with E-state index in [2.05, 4.69) is 9.97 Å². The first-order valence-electron chi connectivity index (χ1n) is 6.89. The average molecular weight is 336 g/mol. The van der Waals surface area contributed by atoms with Crippen LogP contribution in [0.25, 0.3) is 10.2 Å². The lowest BCUT2D eigenvalue weighted by Gasteiger charge is -2.18. The predicted molar refractivity (Wildman–Crippen MR) is 78.3 cm³/mol. The first-order chi connectivity index (χ1) is 10.6. The van der Waals surface area contributed by atoms with E-state index in [1.54, 1.807) is 11.3 Å². The third kappa shape index (κ3) is 2.93. The molecule has 0 saturated carbocycles. The molecule has 0 N–H and O–H groups in total. The molecule has 0 aliphatic heterocycles. The van der Waals surface area contributed by atoms with Crippen molar-refractivity contribution >= 4 is 45.3 Å². The molecule has 22 heavy (non-hydrogen) atoms. The van der Waals surface area contributed by atoms with Gasteiger partial charge in [-0.3, -0.25) is 0 Å². The summed E-state index contributed by atoms with van der Waals surface area (Å²) in [6, 6.07) is 0.